The van der Waals surface area contributed by atoms with Crippen molar-refractivity contribution in [3.8, 4) is 5.75 Å². The Morgan fingerprint density at radius 2 is 2.20 bits per heavy atom. The van der Waals surface area contributed by atoms with Crippen LogP contribution in [0.4, 0.5) is 5.69 Å². The van der Waals surface area contributed by atoms with Crippen LogP contribution in [0.5, 0.6) is 5.75 Å². The fraction of sp³-hybridized carbons (Fsp3) is 0.286. The molecule has 1 aliphatic rings. The fourth-order valence-corrected chi connectivity index (χ4v) is 4.56. The van der Waals surface area contributed by atoms with Gasteiger partial charge in [-0.2, -0.15) is 11.3 Å². The summed E-state index contributed by atoms with van der Waals surface area (Å²) in [6, 6.07) is 7.10. The van der Waals surface area contributed by atoms with Gasteiger partial charge in [-0.25, -0.2) is 4.99 Å². The number of carbonyl (C=O) groups is 2. The SMILES string of the molecule is CCOC(=O)CCCSC1=NC(=Cc2ccsc2)C(=O)N1c1ccc(OC)c(Cl)c1. The smallest absolute Gasteiger partial charge is 0.305 e. The van der Waals surface area contributed by atoms with Gasteiger partial charge in [0.1, 0.15) is 11.4 Å². The van der Waals surface area contributed by atoms with Crippen LogP contribution in [0.3, 0.4) is 0 Å². The third-order valence-electron chi connectivity index (χ3n) is 4.13. The quantitative estimate of drug-likeness (QED) is 0.304. The van der Waals surface area contributed by atoms with Crippen molar-refractivity contribution in [2.75, 3.05) is 24.4 Å². The van der Waals surface area contributed by atoms with Gasteiger partial charge < -0.3 is 9.47 Å². The molecule has 2 aromatic rings. The zero-order valence-electron chi connectivity index (χ0n) is 16.6. The molecule has 0 fully saturated rings. The number of thiophene rings is 1. The maximum Gasteiger partial charge on any atom is 0.305 e. The van der Waals surface area contributed by atoms with Crippen LogP contribution in [-0.4, -0.2) is 36.5 Å². The average Bonchev–Trinajstić information content (AvgIpc) is 3.34. The van der Waals surface area contributed by atoms with E-state index in [0.29, 0.717) is 52.5 Å². The molecule has 0 unspecified atom stereocenters. The number of ether oxygens (including phenoxy) is 2. The van der Waals surface area contributed by atoms with Crippen LogP contribution in [0.1, 0.15) is 25.3 Å². The van der Waals surface area contributed by atoms with E-state index >= 15 is 0 Å². The normalized spacial score (nSPS) is 14.9. The van der Waals surface area contributed by atoms with Crippen molar-refractivity contribution in [3.05, 3.63) is 51.3 Å². The van der Waals surface area contributed by atoms with E-state index in [9.17, 15) is 9.59 Å². The highest BCUT2D eigenvalue weighted by molar-refractivity contribution is 8.14. The molecule has 0 bridgehead atoms. The van der Waals surface area contributed by atoms with Crippen LogP contribution in [0.15, 0.2) is 45.7 Å². The summed E-state index contributed by atoms with van der Waals surface area (Å²) in [5.74, 6) is 0.702. The summed E-state index contributed by atoms with van der Waals surface area (Å²) in [5.41, 5.74) is 1.89. The van der Waals surface area contributed by atoms with Crippen molar-refractivity contribution in [1.29, 1.82) is 0 Å². The van der Waals surface area contributed by atoms with E-state index in [-0.39, 0.29) is 11.9 Å². The summed E-state index contributed by atoms with van der Waals surface area (Å²) < 4.78 is 10.2. The molecule has 0 aliphatic carbocycles. The zero-order chi connectivity index (χ0) is 21.5. The minimum atomic E-state index is -0.227. The van der Waals surface area contributed by atoms with Gasteiger partial charge in [0, 0.05) is 12.2 Å². The molecule has 1 aromatic carbocycles. The van der Waals surface area contributed by atoms with Gasteiger partial charge >= 0.3 is 5.97 Å². The Bertz CT molecular complexity index is 973. The number of halogens is 1. The second-order valence-electron chi connectivity index (χ2n) is 6.20. The van der Waals surface area contributed by atoms with Gasteiger partial charge in [-0.1, -0.05) is 23.4 Å². The van der Waals surface area contributed by atoms with Gasteiger partial charge in [-0.3, -0.25) is 14.5 Å². The topological polar surface area (TPSA) is 68.2 Å². The molecule has 0 N–H and O–H groups in total. The van der Waals surface area contributed by atoms with E-state index in [2.05, 4.69) is 4.99 Å². The van der Waals surface area contributed by atoms with E-state index in [4.69, 9.17) is 21.1 Å². The van der Waals surface area contributed by atoms with Gasteiger partial charge in [-0.05, 0) is 60.0 Å². The number of nitrogens with zero attached hydrogens (tertiary/aromatic N) is 2. The number of aliphatic imine (C=N–C) groups is 1. The second-order valence-corrected chi connectivity index (χ2v) is 8.45. The summed E-state index contributed by atoms with van der Waals surface area (Å²) >= 11 is 9.24. The highest BCUT2D eigenvalue weighted by Crippen LogP contribution is 2.34. The Hall–Kier alpha value is -2.29. The molecule has 0 atom stereocenters. The molecule has 158 valence electrons. The lowest BCUT2D eigenvalue weighted by Gasteiger charge is -2.18. The molecular weight excluding hydrogens is 444 g/mol. The molecule has 0 saturated heterocycles. The second kappa shape index (κ2) is 10.7. The molecule has 3 rings (SSSR count). The molecule has 0 radical (unpaired) electrons. The Morgan fingerprint density at radius 3 is 2.87 bits per heavy atom. The first-order valence-corrected chi connectivity index (χ1v) is 11.6. The number of amides is 1. The lowest BCUT2D eigenvalue weighted by molar-refractivity contribution is -0.143. The molecule has 0 spiro atoms. The largest absolute Gasteiger partial charge is 0.495 e. The Balaban J connectivity index is 1.81. The minimum absolute atomic E-state index is 0.223. The number of carbonyl (C=O) groups excluding carboxylic acids is 2. The van der Waals surface area contributed by atoms with Crippen LogP contribution in [0, 0.1) is 0 Å². The first-order valence-electron chi connectivity index (χ1n) is 9.32. The number of methoxy groups -OCH3 is 1. The van der Waals surface area contributed by atoms with Crippen LogP contribution in [0.2, 0.25) is 5.02 Å². The molecule has 6 nitrogen and oxygen atoms in total. The van der Waals surface area contributed by atoms with Crippen molar-refractivity contribution in [3.63, 3.8) is 0 Å². The van der Waals surface area contributed by atoms with E-state index < -0.39 is 0 Å². The number of thioether (sulfide) groups is 1. The summed E-state index contributed by atoms with van der Waals surface area (Å²) in [7, 11) is 1.54. The maximum absolute atomic E-state index is 13.1. The number of rotatable bonds is 8. The Labute approximate surface area is 188 Å². The van der Waals surface area contributed by atoms with Crippen molar-refractivity contribution in [2.24, 2.45) is 4.99 Å². The molecule has 0 saturated carbocycles. The number of esters is 1. The number of benzene rings is 1. The number of hydrogen-bond donors (Lipinski definition) is 0. The Kier molecular flexibility index (Phi) is 7.95. The third-order valence-corrected chi connectivity index (χ3v) is 6.15. The van der Waals surface area contributed by atoms with Crippen molar-refractivity contribution < 1.29 is 19.1 Å². The van der Waals surface area contributed by atoms with Crippen molar-refractivity contribution in [2.45, 2.75) is 19.8 Å². The third kappa shape index (κ3) is 5.44. The molecule has 1 aliphatic heterocycles. The maximum atomic E-state index is 13.1. The van der Waals surface area contributed by atoms with E-state index in [0.717, 1.165) is 5.56 Å². The van der Waals surface area contributed by atoms with Gasteiger partial charge in [0.15, 0.2) is 5.17 Å². The average molecular weight is 465 g/mol. The van der Waals surface area contributed by atoms with Crippen LogP contribution >= 0.6 is 34.7 Å². The van der Waals surface area contributed by atoms with Gasteiger partial charge in [0.25, 0.3) is 5.91 Å². The minimum Gasteiger partial charge on any atom is -0.495 e. The molecular formula is C21H21ClN2O4S2. The summed E-state index contributed by atoms with van der Waals surface area (Å²) in [6.07, 6.45) is 2.72. The lowest BCUT2D eigenvalue weighted by Crippen LogP contribution is -2.30. The standard InChI is InChI=1S/C21H21ClN2O4S2/c1-3-28-19(25)5-4-9-30-21-23-17(11-14-8-10-29-13-14)20(26)24(21)15-6-7-18(27-2)16(22)12-15/h6-8,10-13H,3-5,9H2,1-2H3. The summed E-state index contributed by atoms with van der Waals surface area (Å²) in [6.45, 7) is 2.15. The van der Waals surface area contributed by atoms with E-state index in [1.807, 2.05) is 16.8 Å². The first-order chi connectivity index (χ1) is 14.5. The summed E-state index contributed by atoms with van der Waals surface area (Å²) in [5, 5.41) is 4.85. The van der Waals surface area contributed by atoms with Crippen LogP contribution < -0.4 is 9.64 Å². The van der Waals surface area contributed by atoms with Gasteiger partial charge in [0.05, 0.1) is 24.4 Å². The summed E-state index contributed by atoms with van der Waals surface area (Å²) in [4.78, 5) is 30.8. The molecule has 1 aromatic heterocycles. The molecule has 1 amide bonds. The number of amidine groups is 1. The van der Waals surface area contributed by atoms with Gasteiger partial charge in [-0.15, -0.1) is 0 Å². The predicted molar refractivity (Wildman–Crippen MR) is 124 cm³/mol. The van der Waals surface area contributed by atoms with Crippen LogP contribution in [0.25, 0.3) is 6.08 Å². The van der Waals surface area contributed by atoms with Crippen molar-refractivity contribution >= 4 is 63.5 Å². The zero-order valence-corrected chi connectivity index (χ0v) is 19.0. The molecule has 2 heterocycles. The fourth-order valence-electron chi connectivity index (χ4n) is 2.74. The highest BCUT2D eigenvalue weighted by Gasteiger charge is 2.32. The van der Waals surface area contributed by atoms with Gasteiger partial charge in [0.2, 0.25) is 0 Å². The van der Waals surface area contributed by atoms with E-state index in [1.165, 1.54) is 18.9 Å². The lowest BCUT2D eigenvalue weighted by atomic mass is 10.2. The first kappa shape index (κ1) is 22.4. The van der Waals surface area contributed by atoms with Crippen molar-refractivity contribution in [1.82, 2.24) is 0 Å². The number of anilines is 1. The monoisotopic (exact) mass is 464 g/mol. The Morgan fingerprint density at radius 1 is 1.37 bits per heavy atom. The highest BCUT2D eigenvalue weighted by atomic mass is 35.5. The van der Waals surface area contributed by atoms with Crippen LogP contribution in [-0.2, 0) is 14.3 Å². The van der Waals surface area contributed by atoms with E-state index in [1.54, 1.807) is 47.4 Å². The molecule has 30 heavy (non-hydrogen) atoms. The molecule has 9 heteroatoms. The number of hydrogen-bond acceptors (Lipinski definition) is 7. The predicted octanol–water partition coefficient (Wildman–Crippen LogP) is 5.23.